The number of hydrogen-bond donors (Lipinski definition) is 0. The normalized spacial score (nSPS) is 9.73. The van der Waals surface area contributed by atoms with Crippen LogP contribution in [0.1, 0.15) is 5.56 Å². The fourth-order valence-electron chi connectivity index (χ4n) is 2.49. The van der Waals surface area contributed by atoms with E-state index in [9.17, 15) is 0 Å². The summed E-state index contributed by atoms with van der Waals surface area (Å²) in [6, 6.07) is 38.5. The lowest BCUT2D eigenvalue weighted by molar-refractivity contribution is 0.482. The molecule has 0 aromatic heterocycles. The van der Waals surface area contributed by atoms with E-state index in [-0.39, 0.29) is 0 Å². The minimum atomic E-state index is 0.869. The number of benzene rings is 4. The Morgan fingerprint density at radius 3 is 1.27 bits per heavy atom. The predicted octanol–water partition coefficient (Wildman–Crippen LogP) is 7.14. The first-order chi connectivity index (χ1) is 12.8. The summed E-state index contributed by atoms with van der Waals surface area (Å²) in [6.07, 6.45) is 0. The van der Waals surface area contributed by atoms with Crippen molar-refractivity contribution in [3.63, 3.8) is 0 Å². The van der Waals surface area contributed by atoms with E-state index in [2.05, 4.69) is 55.5 Å². The molecule has 0 atom stereocenters. The van der Waals surface area contributed by atoms with Crippen LogP contribution in [0.25, 0.3) is 11.1 Å². The molecule has 0 aliphatic carbocycles. The average molecular weight is 338 g/mol. The minimum Gasteiger partial charge on any atom is -0.457 e. The molecule has 0 saturated carbocycles. The van der Waals surface area contributed by atoms with E-state index in [1.165, 1.54) is 16.7 Å². The Labute approximate surface area is 155 Å². The zero-order valence-corrected chi connectivity index (χ0v) is 14.9. The number of hydrogen-bond acceptors (Lipinski definition) is 1. The van der Waals surface area contributed by atoms with E-state index in [0.717, 1.165) is 11.5 Å². The Hall–Kier alpha value is -3.32. The molecule has 1 heteroatoms. The van der Waals surface area contributed by atoms with Gasteiger partial charge in [-0.05, 0) is 42.3 Å². The van der Waals surface area contributed by atoms with Gasteiger partial charge in [0, 0.05) is 0 Å². The van der Waals surface area contributed by atoms with Crippen molar-refractivity contribution in [2.75, 3.05) is 0 Å². The van der Waals surface area contributed by atoms with E-state index in [1.54, 1.807) is 0 Å². The van der Waals surface area contributed by atoms with Crippen LogP contribution in [0.15, 0.2) is 115 Å². The van der Waals surface area contributed by atoms with E-state index < -0.39 is 0 Å². The summed E-state index contributed by atoms with van der Waals surface area (Å²) < 4.78 is 5.58. The summed E-state index contributed by atoms with van der Waals surface area (Å²) in [4.78, 5) is 0. The molecule has 0 amide bonds. The molecule has 0 saturated heterocycles. The Balaban J connectivity index is 0.000000151. The average Bonchev–Trinajstić information content (AvgIpc) is 2.71. The van der Waals surface area contributed by atoms with Crippen molar-refractivity contribution < 1.29 is 4.74 Å². The van der Waals surface area contributed by atoms with Crippen LogP contribution in [0, 0.1) is 6.92 Å². The molecule has 0 unspecified atom stereocenters. The molecule has 0 N–H and O–H groups in total. The molecule has 26 heavy (non-hydrogen) atoms. The summed E-state index contributed by atoms with van der Waals surface area (Å²) in [6.45, 7) is 2.11. The standard InChI is InChI=1S/C13H12.C12H10O/c1-11-7-9-13(10-8-11)12-5-3-2-4-6-12;1-3-7-11(8-4-1)13-12-9-5-2-6-10-12/h2-10H,1H3;1-10H. The van der Waals surface area contributed by atoms with Crippen molar-refractivity contribution in [1.29, 1.82) is 0 Å². The first kappa shape index (κ1) is 17.5. The molecule has 0 fully saturated rings. The summed E-state index contributed by atoms with van der Waals surface area (Å²) in [7, 11) is 0. The lowest BCUT2D eigenvalue weighted by atomic mass is 10.0. The maximum Gasteiger partial charge on any atom is 0.127 e. The molecule has 4 rings (SSSR count). The van der Waals surface area contributed by atoms with Crippen LogP contribution in [0.3, 0.4) is 0 Å². The number of aryl methyl sites for hydroxylation is 1. The van der Waals surface area contributed by atoms with Gasteiger partial charge in [0.2, 0.25) is 0 Å². The second-order valence-corrected chi connectivity index (χ2v) is 5.96. The van der Waals surface area contributed by atoms with Gasteiger partial charge in [-0.1, -0.05) is 96.6 Å². The van der Waals surface area contributed by atoms with Gasteiger partial charge in [-0.25, -0.2) is 0 Å². The maximum absolute atomic E-state index is 5.58. The van der Waals surface area contributed by atoms with Crippen molar-refractivity contribution in [3.8, 4) is 22.6 Å². The largest absolute Gasteiger partial charge is 0.457 e. The molecule has 0 heterocycles. The molecule has 128 valence electrons. The van der Waals surface area contributed by atoms with Crippen molar-refractivity contribution in [3.05, 3.63) is 121 Å². The van der Waals surface area contributed by atoms with Crippen molar-refractivity contribution in [2.24, 2.45) is 0 Å². The maximum atomic E-state index is 5.58. The van der Waals surface area contributed by atoms with Gasteiger partial charge in [0.05, 0.1) is 0 Å². The second-order valence-electron chi connectivity index (χ2n) is 5.96. The minimum absolute atomic E-state index is 0.869. The van der Waals surface area contributed by atoms with Gasteiger partial charge in [0.1, 0.15) is 11.5 Å². The summed E-state index contributed by atoms with van der Waals surface area (Å²) in [5, 5.41) is 0. The molecular formula is C25H22O. The van der Waals surface area contributed by atoms with Crippen LogP contribution in [-0.2, 0) is 0 Å². The Kier molecular flexibility index (Phi) is 6.22. The molecule has 0 aliphatic rings. The van der Waals surface area contributed by atoms with Crippen molar-refractivity contribution in [1.82, 2.24) is 0 Å². The molecule has 4 aromatic rings. The van der Waals surface area contributed by atoms with Gasteiger partial charge in [0.25, 0.3) is 0 Å². The van der Waals surface area contributed by atoms with Crippen LogP contribution in [0.5, 0.6) is 11.5 Å². The van der Waals surface area contributed by atoms with E-state index >= 15 is 0 Å². The fourth-order valence-corrected chi connectivity index (χ4v) is 2.49. The summed E-state index contributed by atoms with van der Waals surface area (Å²) >= 11 is 0. The highest BCUT2D eigenvalue weighted by Gasteiger charge is 1.94. The number of ether oxygens (including phenoxy) is 1. The van der Waals surface area contributed by atoms with Crippen LogP contribution in [0.4, 0.5) is 0 Å². The van der Waals surface area contributed by atoms with E-state index in [0.29, 0.717) is 0 Å². The highest BCUT2D eigenvalue weighted by atomic mass is 16.5. The quantitative estimate of drug-likeness (QED) is 0.386. The Bertz CT molecular complexity index is 845. The SMILES string of the molecule is Cc1ccc(-c2ccccc2)cc1.c1ccc(Oc2ccccc2)cc1. The highest BCUT2D eigenvalue weighted by molar-refractivity contribution is 5.63. The lowest BCUT2D eigenvalue weighted by Crippen LogP contribution is -1.81. The van der Waals surface area contributed by atoms with Gasteiger partial charge in [-0.2, -0.15) is 0 Å². The third-order valence-corrected chi connectivity index (χ3v) is 3.88. The summed E-state index contributed by atoms with van der Waals surface area (Å²) in [5.41, 5.74) is 3.87. The lowest BCUT2D eigenvalue weighted by Gasteiger charge is -2.03. The van der Waals surface area contributed by atoms with Gasteiger partial charge in [0.15, 0.2) is 0 Å². The van der Waals surface area contributed by atoms with Crippen LogP contribution >= 0.6 is 0 Å². The van der Waals surface area contributed by atoms with Crippen molar-refractivity contribution >= 4 is 0 Å². The molecule has 0 spiro atoms. The molecule has 4 aromatic carbocycles. The number of rotatable bonds is 3. The first-order valence-electron chi connectivity index (χ1n) is 8.71. The monoisotopic (exact) mass is 338 g/mol. The molecule has 0 radical (unpaired) electrons. The van der Waals surface area contributed by atoms with Crippen LogP contribution < -0.4 is 4.74 Å². The molecule has 0 aliphatic heterocycles. The smallest absolute Gasteiger partial charge is 0.127 e. The second kappa shape index (κ2) is 9.24. The third-order valence-electron chi connectivity index (χ3n) is 3.88. The predicted molar refractivity (Wildman–Crippen MR) is 110 cm³/mol. The zero-order chi connectivity index (χ0) is 18.0. The zero-order valence-electron chi connectivity index (χ0n) is 14.9. The molecule has 0 bridgehead atoms. The molecular weight excluding hydrogens is 316 g/mol. The van der Waals surface area contributed by atoms with Crippen LogP contribution in [0.2, 0.25) is 0 Å². The number of para-hydroxylation sites is 2. The Morgan fingerprint density at radius 2 is 0.808 bits per heavy atom. The van der Waals surface area contributed by atoms with Gasteiger partial charge >= 0.3 is 0 Å². The third kappa shape index (κ3) is 5.35. The van der Waals surface area contributed by atoms with Crippen molar-refractivity contribution in [2.45, 2.75) is 6.92 Å². The van der Waals surface area contributed by atoms with Gasteiger partial charge < -0.3 is 4.74 Å². The van der Waals surface area contributed by atoms with Gasteiger partial charge in [-0.15, -0.1) is 0 Å². The Morgan fingerprint density at radius 1 is 0.423 bits per heavy atom. The highest BCUT2D eigenvalue weighted by Crippen LogP contribution is 2.20. The van der Waals surface area contributed by atoms with E-state index in [1.807, 2.05) is 66.7 Å². The fraction of sp³-hybridized carbons (Fsp3) is 0.0400. The van der Waals surface area contributed by atoms with Crippen LogP contribution in [-0.4, -0.2) is 0 Å². The topological polar surface area (TPSA) is 9.23 Å². The summed E-state index contributed by atoms with van der Waals surface area (Å²) in [5.74, 6) is 1.74. The van der Waals surface area contributed by atoms with E-state index in [4.69, 9.17) is 4.74 Å². The first-order valence-corrected chi connectivity index (χ1v) is 8.71. The molecule has 1 nitrogen and oxygen atoms in total. The van der Waals surface area contributed by atoms with Gasteiger partial charge in [-0.3, -0.25) is 0 Å².